The number of anilines is 1. The Labute approximate surface area is 105 Å². The van der Waals surface area contributed by atoms with Crippen LogP contribution < -0.4 is 4.90 Å². The van der Waals surface area contributed by atoms with E-state index < -0.39 is 4.71 Å². The molecule has 0 N–H and O–H groups in total. The highest BCUT2D eigenvalue weighted by Crippen LogP contribution is 2.31. The van der Waals surface area contributed by atoms with Gasteiger partial charge in [-0.3, -0.25) is 4.79 Å². The molecule has 1 saturated heterocycles. The summed E-state index contributed by atoms with van der Waals surface area (Å²) in [6.45, 7) is 0. The average molecular weight is 340 g/mol. The van der Waals surface area contributed by atoms with Crippen LogP contribution in [0.15, 0.2) is 24.3 Å². The molecule has 1 atom stereocenters. The molecule has 0 saturated carbocycles. The molecule has 1 aromatic carbocycles. The molecule has 1 aromatic rings. The lowest BCUT2D eigenvalue weighted by Gasteiger charge is -2.14. The van der Waals surface area contributed by atoms with Crippen LogP contribution in [0.1, 0.15) is 0 Å². The smallest absolute Gasteiger partial charge is 0.256 e. The van der Waals surface area contributed by atoms with Gasteiger partial charge in [-0.25, -0.2) is 0 Å². The van der Waals surface area contributed by atoms with E-state index in [0.29, 0.717) is 5.88 Å². The lowest BCUT2D eigenvalue weighted by atomic mass is 10.3. The second-order valence-corrected chi connectivity index (χ2v) is 5.86. The largest absolute Gasteiger partial charge is 0.301 e. The maximum atomic E-state index is 11.6. The number of rotatable bonds is 1. The highest BCUT2D eigenvalue weighted by molar-refractivity contribution is 14.1. The van der Waals surface area contributed by atoms with Crippen LogP contribution in [0.25, 0.3) is 0 Å². The first-order chi connectivity index (χ1) is 6.68. The molecule has 1 aliphatic heterocycles. The highest BCUT2D eigenvalue weighted by atomic mass is 127. The number of nitrogens with zero attached hydrogens (tertiary/aromatic N) is 1. The number of hydrogen-bond donors (Lipinski definition) is 0. The Morgan fingerprint density at radius 1 is 1.57 bits per heavy atom. The van der Waals surface area contributed by atoms with Crippen LogP contribution in [0.4, 0.5) is 5.69 Å². The van der Waals surface area contributed by atoms with Crippen molar-refractivity contribution in [3.05, 3.63) is 27.8 Å². The Kier molecular flexibility index (Phi) is 3.23. The van der Waals surface area contributed by atoms with E-state index in [0.717, 1.165) is 9.26 Å². The first-order valence-electron chi connectivity index (χ1n) is 4.01. The van der Waals surface area contributed by atoms with Crippen molar-refractivity contribution in [3.63, 3.8) is 0 Å². The van der Waals surface area contributed by atoms with Gasteiger partial charge in [-0.15, -0.1) is 23.4 Å². The molecule has 2 nitrogen and oxygen atoms in total. The zero-order valence-corrected chi connectivity index (χ0v) is 10.8. The van der Waals surface area contributed by atoms with Gasteiger partial charge in [0.15, 0.2) is 4.71 Å². The Balaban J connectivity index is 2.28. The fourth-order valence-corrected chi connectivity index (χ4v) is 2.88. The van der Waals surface area contributed by atoms with E-state index in [1.165, 1.54) is 11.8 Å². The van der Waals surface area contributed by atoms with Crippen molar-refractivity contribution < 1.29 is 4.79 Å². The summed E-state index contributed by atoms with van der Waals surface area (Å²) in [5.41, 5.74) is 0.928. The van der Waals surface area contributed by atoms with Gasteiger partial charge >= 0.3 is 0 Å². The van der Waals surface area contributed by atoms with Crippen molar-refractivity contribution in [1.29, 1.82) is 0 Å². The Morgan fingerprint density at radius 3 is 2.93 bits per heavy atom. The van der Waals surface area contributed by atoms with Crippen molar-refractivity contribution in [3.8, 4) is 0 Å². The van der Waals surface area contributed by atoms with E-state index in [1.54, 1.807) is 4.90 Å². The molecule has 0 aromatic heterocycles. The number of hydrogen-bond acceptors (Lipinski definition) is 2. The number of carbonyl (C=O) groups is 1. The topological polar surface area (TPSA) is 20.3 Å². The average Bonchev–Trinajstić information content (AvgIpc) is 2.48. The quantitative estimate of drug-likeness (QED) is 0.579. The fourth-order valence-electron chi connectivity index (χ4n) is 1.24. The fraction of sp³-hybridized carbons (Fsp3) is 0.222. The molecule has 0 spiro atoms. The van der Waals surface area contributed by atoms with Crippen molar-refractivity contribution in [2.45, 2.75) is 4.71 Å². The molecule has 74 valence electrons. The molecule has 5 heteroatoms. The van der Waals surface area contributed by atoms with E-state index in [1.807, 2.05) is 24.3 Å². The summed E-state index contributed by atoms with van der Waals surface area (Å²) in [6.07, 6.45) is 0. The van der Waals surface area contributed by atoms with Gasteiger partial charge in [0.2, 0.25) is 0 Å². The SMILES string of the molecule is O=C1C(Cl)SCN1c1cccc(I)c1. The van der Waals surface area contributed by atoms with Gasteiger partial charge in [0, 0.05) is 9.26 Å². The van der Waals surface area contributed by atoms with E-state index in [-0.39, 0.29) is 5.91 Å². The predicted molar refractivity (Wildman–Crippen MR) is 68.7 cm³/mol. The third kappa shape index (κ3) is 2.01. The number of alkyl halides is 1. The van der Waals surface area contributed by atoms with Crippen LogP contribution in [0.3, 0.4) is 0 Å². The summed E-state index contributed by atoms with van der Waals surface area (Å²) in [7, 11) is 0. The van der Waals surface area contributed by atoms with Gasteiger partial charge in [-0.05, 0) is 40.8 Å². The van der Waals surface area contributed by atoms with E-state index in [9.17, 15) is 4.79 Å². The monoisotopic (exact) mass is 339 g/mol. The number of amides is 1. The van der Waals surface area contributed by atoms with Crippen molar-refractivity contribution in [2.24, 2.45) is 0 Å². The Morgan fingerprint density at radius 2 is 2.36 bits per heavy atom. The minimum Gasteiger partial charge on any atom is -0.301 e. The number of halogens is 2. The van der Waals surface area contributed by atoms with Gasteiger partial charge < -0.3 is 4.90 Å². The lowest BCUT2D eigenvalue weighted by Crippen LogP contribution is -2.27. The van der Waals surface area contributed by atoms with Crippen molar-refractivity contribution in [1.82, 2.24) is 0 Å². The summed E-state index contributed by atoms with van der Waals surface area (Å²) >= 11 is 9.50. The Hall–Kier alpha value is 0.0600. The number of carbonyl (C=O) groups excluding carboxylic acids is 1. The zero-order chi connectivity index (χ0) is 10.1. The molecule has 1 amide bonds. The second kappa shape index (κ2) is 4.28. The van der Waals surface area contributed by atoms with E-state index >= 15 is 0 Å². The van der Waals surface area contributed by atoms with Gasteiger partial charge in [-0.1, -0.05) is 6.07 Å². The molecule has 1 heterocycles. The first-order valence-corrected chi connectivity index (χ1v) is 6.57. The summed E-state index contributed by atoms with van der Waals surface area (Å²) in [4.78, 5) is 13.3. The number of benzene rings is 1. The minimum atomic E-state index is -0.423. The van der Waals surface area contributed by atoms with E-state index in [2.05, 4.69) is 22.6 Å². The van der Waals surface area contributed by atoms with Crippen molar-refractivity contribution >= 4 is 57.5 Å². The van der Waals surface area contributed by atoms with Crippen LogP contribution >= 0.6 is 46.0 Å². The maximum absolute atomic E-state index is 11.6. The summed E-state index contributed by atoms with van der Waals surface area (Å²) in [6, 6.07) is 7.84. The summed E-state index contributed by atoms with van der Waals surface area (Å²) in [5, 5.41) is 0. The molecule has 1 unspecified atom stereocenters. The molecule has 1 fully saturated rings. The predicted octanol–water partition coefficient (Wildman–Crippen LogP) is 2.89. The highest BCUT2D eigenvalue weighted by Gasteiger charge is 2.31. The van der Waals surface area contributed by atoms with Crippen LogP contribution in [0.2, 0.25) is 0 Å². The molecule has 0 aliphatic carbocycles. The van der Waals surface area contributed by atoms with Gasteiger partial charge in [0.05, 0.1) is 5.88 Å². The normalized spacial score (nSPS) is 21.7. The second-order valence-electron chi connectivity index (χ2n) is 2.86. The van der Waals surface area contributed by atoms with Gasteiger partial charge in [0.25, 0.3) is 5.91 Å². The molecule has 14 heavy (non-hydrogen) atoms. The molecular formula is C9H7ClINOS. The number of thioether (sulfide) groups is 1. The zero-order valence-electron chi connectivity index (χ0n) is 7.11. The summed E-state index contributed by atoms with van der Waals surface area (Å²) < 4.78 is 0.698. The molecule has 2 rings (SSSR count). The third-order valence-corrected chi connectivity index (χ3v) is 4.07. The van der Waals surface area contributed by atoms with Crippen molar-refractivity contribution in [2.75, 3.05) is 10.8 Å². The van der Waals surface area contributed by atoms with E-state index in [4.69, 9.17) is 11.6 Å². The molecule has 0 radical (unpaired) electrons. The molecule has 0 bridgehead atoms. The van der Waals surface area contributed by atoms with Gasteiger partial charge in [0.1, 0.15) is 0 Å². The first kappa shape index (κ1) is 10.6. The van der Waals surface area contributed by atoms with Crippen LogP contribution in [0, 0.1) is 3.57 Å². The lowest BCUT2D eigenvalue weighted by molar-refractivity contribution is -0.116. The minimum absolute atomic E-state index is 0.0151. The molecular weight excluding hydrogens is 333 g/mol. The maximum Gasteiger partial charge on any atom is 0.256 e. The Bertz CT molecular complexity index is 374. The standard InChI is InChI=1S/C9H7ClINOS/c10-8-9(13)12(5-14-8)7-3-1-2-6(11)4-7/h1-4,8H,5H2. The van der Waals surface area contributed by atoms with Crippen LogP contribution in [-0.2, 0) is 4.79 Å². The van der Waals surface area contributed by atoms with Crippen LogP contribution in [-0.4, -0.2) is 16.5 Å². The molecule has 1 aliphatic rings. The summed E-state index contributed by atoms with van der Waals surface area (Å²) in [5.74, 6) is 0.631. The van der Waals surface area contributed by atoms with Gasteiger partial charge in [-0.2, -0.15) is 0 Å². The third-order valence-electron chi connectivity index (χ3n) is 1.93. The van der Waals surface area contributed by atoms with Crippen LogP contribution in [0.5, 0.6) is 0 Å².